The molecular weight excluding hydrogens is 290 g/mol. The molecule has 2 aliphatic rings. The smallest absolute Gasteiger partial charge is 0.224 e. The minimum atomic E-state index is 0.0611. The normalized spacial score (nSPS) is 22.3. The fourth-order valence-corrected chi connectivity index (χ4v) is 3.63. The molecule has 3 rings (SSSR count). The van der Waals surface area contributed by atoms with Gasteiger partial charge in [0.2, 0.25) is 5.91 Å². The number of hydrogen-bond acceptors (Lipinski definition) is 4. The van der Waals surface area contributed by atoms with Crippen LogP contribution in [0.2, 0.25) is 0 Å². The SMILES string of the molecule is COc1ccccc1[C@H]1CNCCN1C(=O)CCN1CCCC1. The van der Waals surface area contributed by atoms with Crippen LogP contribution in [0, 0.1) is 0 Å². The third-order valence-corrected chi connectivity index (χ3v) is 4.90. The molecule has 1 aromatic carbocycles. The molecule has 1 atom stereocenters. The van der Waals surface area contributed by atoms with E-state index in [9.17, 15) is 4.79 Å². The summed E-state index contributed by atoms with van der Waals surface area (Å²) < 4.78 is 5.49. The van der Waals surface area contributed by atoms with Gasteiger partial charge in [0.25, 0.3) is 0 Å². The fourth-order valence-electron chi connectivity index (χ4n) is 3.63. The molecule has 126 valence electrons. The number of ether oxygens (including phenoxy) is 1. The molecule has 1 N–H and O–H groups in total. The van der Waals surface area contributed by atoms with Crippen LogP contribution in [0.1, 0.15) is 30.9 Å². The summed E-state index contributed by atoms with van der Waals surface area (Å²) in [7, 11) is 1.69. The quantitative estimate of drug-likeness (QED) is 0.897. The summed E-state index contributed by atoms with van der Waals surface area (Å²) in [6.45, 7) is 5.59. The molecule has 5 heteroatoms. The van der Waals surface area contributed by atoms with Gasteiger partial charge in [-0.1, -0.05) is 18.2 Å². The Morgan fingerprint density at radius 2 is 2.04 bits per heavy atom. The van der Waals surface area contributed by atoms with Gasteiger partial charge in [-0.2, -0.15) is 0 Å². The molecule has 2 aliphatic heterocycles. The van der Waals surface area contributed by atoms with Crippen LogP contribution in [-0.2, 0) is 4.79 Å². The van der Waals surface area contributed by atoms with Crippen molar-refractivity contribution in [3.8, 4) is 5.75 Å². The second kappa shape index (κ2) is 7.79. The van der Waals surface area contributed by atoms with E-state index in [-0.39, 0.29) is 11.9 Å². The number of nitrogens with one attached hydrogen (secondary N) is 1. The summed E-state index contributed by atoms with van der Waals surface area (Å²) in [6.07, 6.45) is 3.16. The van der Waals surface area contributed by atoms with Gasteiger partial charge in [0, 0.05) is 38.2 Å². The van der Waals surface area contributed by atoms with Crippen LogP contribution in [0.4, 0.5) is 0 Å². The summed E-state index contributed by atoms with van der Waals surface area (Å²) >= 11 is 0. The Kier molecular flexibility index (Phi) is 5.51. The van der Waals surface area contributed by atoms with Crippen LogP contribution in [-0.4, -0.2) is 62.1 Å². The zero-order valence-electron chi connectivity index (χ0n) is 14.0. The minimum absolute atomic E-state index is 0.0611. The molecule has 0 spiro atoms. The van der Waals surface area contributed by atoms with E-state index in [1.165, 1.54) is 12.8 Å². The number of likely N-dealkylation sites (tertiary alicyclic amines) is 1. The first-order valence-corrected chi connectivity index (χ1v) is 8.65. The number of para-hydroxylation sites is 1. The van der Waals surface area contributed by atoms with Crippen molar-refractivity contribution < 1.29 is 9.53 Å². The second-order valence-electron chi connectivity index (χ2n) is 6.35. The lowest BCUT2D eigenvalue weighted by Gasteiger charge is -2.37. The van der Waals surface area contributed by atoms with E-state index in [4.69, 9.17) is 4.74 Å². The van der Waals surface area contributed by atoms with Gasteiger partial charge in [-0.25, -0.2) is 0 Å². The van der Waals surface area contributed by atoms with Crippen LogP contribution in [0.3, 0.4) is 0 Å². The Balaban J connectivity index is 1.69. The molecule has 0 bridgehead atoms. The highest BCUT2D eigenvalue weighted by Gasteiger charge is 2.29. The van der Waals surface area contributed by atoms with Crippen molar-refractivity contribution in [2.75, 3.05) is 46.4 Å². The van der Waals surface area contributed by atoms with Crippen molar-refractivity contribution >= 4 is 5.91 Å². The molecule has 23 heavy (non-hydrogen) atoms. The van der Waals surface area contributed by atoms with Gasteiger partial charge < -0.3 is 19.9 Å². The predicted molar refractivity (Wildman–Crippen MR) is 90.6 cm³/mol. The van der Waals surface area contributed by atoms with Crippen molar-refractivity contribution in [2.45, 2.75) is 25.3 Å². The first kappa shape index (κ1) is 16.3. The molecule has 0 unspecified atom stereocenters. The topological polar surface area (TPSA) is 44.8 Å². The predicted octanol–water partition coefficient (Wildman–Crippen LogP) is 1.65. The van der Waals surface area contributed by atoms with Gasteiger partial charge in [-0.15, -0.1) is 0 Å². The third-order valence-electron chi connectivity index (χ3n) is 4.90. The Morgan fingerprint density at radius 3 is 2.83 bits per heavy atom. The number of benzene rings is 1. The highest BCUT2D eigenvalue weighted by molar-refractivity contribution is 5.77. The number of hydrogen-bond donors (Lipinski definition) is 1. The number of rotatable bonds is 5. The molecule has 1 amide bonds. The maximum Gasteiger partial charge on any atom is 0.224 e. The first-order chi connectivity index (χ1) is 11.3. The molecule has 1 aromatic rings. The average Bonchev–Trinajstić information content (AvgIpc) is 3.13. The van der Waals surface area contributed by atoms with Crippen molar-refractivity contribution in [1.29, 1.82) is 0 Å². The summed E-state index contributed by atoms with van der Waals surface area (Å²) in [6, 6.07) is 8.08. The maximum atomic E-state index is 12.8. The van der Waals surface area contributed by atoms with Crippen molar-refractivity contribution in [2.24, 2.45) is 0 Å². The van der Waals surface area contributed by atoms with E-state index in [1.54, 1.807) is 7.11 Å². The second-order valence-corrected chi connectivity index (χ2v) is 6.35. The third kappa shape index (κ3) is 3.85. The molecule has 2 saturated heterocycles. The van der Waals surface area contributed by atoms with Crippen molar-refractivity contribution in [3.63, 3.8) is 0 Å². The van der Waals surface area contributed by atoms with Crippen LogP contribution >= 0.6 is 0 Å². The Morgan fingerprint density at radius 1 is 1.26 bits per heavy atom. The van der Waals surface area contributed by atoms with E-state index in [0.717, 1.165) is 50.6 Å². The largest absolute Gasteiger partial charge is 0.496 e. The van der Waals surface area contributed by atoms with Gasteiger partial charge in [0.15, 0.2) is 0 Å². The summed E-state index contributed by atoms with van der Waals surface area (Å²) in [5.41, 5.74) is 1.09. The van der Waals surface area contributed by atoms with Gasteiger partial charge in [-0.05, 0) is 32.0 Å². The van der Waals surface area contributed by atoms with E-state index in [2.05, 4.69) is 16.3 Å². The van der Waals surface area contributed by atoms with E-state index in [0.29, 0.717) is 6.42 Å². The molecule has 0 saturated carbocycles. The molecule has 0 aromatic heterocycles. The number of piperazine rings is 1. The first-order valence-electron chi connectivity index (χ1n) is 8.65. The fraction of sp³-hybridized carbons (Fsp3) is 0.611. The lowest BCUT2D eigenvalue weighted by Crippen LogP contribution is -2.49. The van der Waals surface area contributed by atoms with Gasteiger partial charge in [0.1, 0.15) is 5.75 Å². The summed E-state index contributed by atoms with van der Waals surface area (Å²) in [5, 5.41) is 3.41. The van der Waals surface area contributed by atoms with Crippen molar-refractivity contribution in [3.05, 3.63) is 29.8 Å². The molecule has 0 radical (unpaired) electrons. The van der Waals surface area contributed by atoms with Crippen LogP contribution in [0.25, 0.3) is 0 Å². The molecular formula is C18H27N3O2. The Hall–Kier alpha value is -1.59. The van der Waals surface area contributed by atoms with Crippen molar-refractivity contribution in [1.82, 2.24) is 15.1 Å². The summed E-state index contributed by atoms with van der Waals surface area (Å²) in [5.74, 6) is 1.12. The van der Waals surface area contributed by atoms with Crippen LogP contribution in [0.5, 0.6) is 5.75 Å². The average molecular weight is 317 g/mol. The number of methoxy groups -OCH3 is 1. The van der Waals surface area contributed by atoms with E-state index in [1.807, 2.05) is 23.1 Å². The van der Waals surface area contributed by atoms with Gasteiger partial charge >= 0.3 is 0 Å². The van der Waals surface area contributed by atoms with Crippen LogP contribution < -0.4 is 10.1 Å². The number of nitrogens with zero attached hydrogens (tertiary/aromatic N) is 2. The summed E-state index contributed by atoms with van der Waals surface area (Å²) in [4.78, 5) is 17.2. The molecule has 5 nitrogen and oxygen atoms in total. The number of amides is 1. The maximum absolute atomic E-state index is 12.8. The van der Waals surface area contributed by atoms with E-state index < -0.39 is 0 Å². The zero-order chi connectivity index (χ0) is 16.1. The Bertz CT molecular complexity index is 529. The van der Waals surface area contributed by atoms with Crippen LogP contribution in [0.15, 0.2) is 24.3 Å². The molecule has 2 fully saturated rings. The minimum Gasteiger partial charge on any atom is -0.496 e. The lowest BCUT2D eigenvalue weighted by atomic mass is 10.0. The standard InChI is InChI=1S/C18H27N3O2/c1-23-17-7-3-2-6-15(17)16-14-19-9-13-21(16)18(22)8-12-20-10-4-5-11-20/h2-3,6-7,16,19H,4-5,8-14H2,1H3/t16-/m1/s1. The molecule has 2 heterocycles. The highest BCUT2D eigenvalue weighted by Crippen LogP contribution is 2.30. The molecule has 0 aliphatic carbocycles. The zero-order valence-corrected chi connectivity index (χ0v) is 14.0. The lowest BCUT2D eigenvalue weighted by molar-refractivity contribution is -0.134. The Labute approximate surface area is 138 Å². The monoisotopic (exact) mass is 317 g/mol. The number of carbonyl (C=O) groups excluding carboxylic acids is 1. The van der Waals surface area contributed by atoms with Gasteiger partial charge in [-0.3, -0.25) is 4.79 Å². The van der Waals surface area contributed by atoms with Gasteiger partial charge in [0.05, 0.1) is 13.2 Å². The van der Waals surface area contributed by atoms with E-state index >= 15 is 0 Å². The number of carbonyl (C=O) groups is 1. The highest BCUT2D eigenvalue weighted by atomic mass is 16.5.